The number of carbonyl (C=O) groups excluding carboxylic acids is 1. The summed E-state index contributed by atoms with van der Waals surface area (Å²) in [5.74, 6) is -0.123. The number of benzene rings is 2. The zero-order chi connectivity index (χ0) is 14.9. The molecule has 0 spiro atoms. The largest absolute Gasteiger partial charge is 0.343 e. The molecular formula is C16H15N3OS. The highest BCUT2D eigenvalue weighted by atomic mass is 32.1. The van der Waals surface area contributed by atoms with Gasteiger partial charge in [-0.05, 0) is 36.8 Å². The van der Waals surface area contributed by atoms with E-state index in [0.717, 1.165) is 11.3 Å². The molecule has 21 heavy (non-hydrogen) atoms. The summed E-state index contributed by atoms with van der Waals surface area (Å²) in [7, 11) is 0. The van der Waals surface area contributed by atoms with Gasteiger partial charge >= 0.3 is 0 Å². The van der Waals surface area contributed by atoms with Crippen LogP contribution in [0.15, 0.2) is 60.7 Å². The first-order valence-corrected chi connectivity index (χ1v) is 7.06. The van der Waals surface area contributed by atoms with Gasteiger partial charge in [-0.25, -0.2) is 0 Å². The van der Waals surface area contributed by atoms with Crippen molar-refractivity contribution in [1.82, 2.24) is 10.3 Å². The monoisotopic (exact) mass is 297 g/mol. The minimum atomic E-state index is -0.847. The normalized spacial score (nSPS) is 21.3. The number of carbonyl (C=O) groups is 1. The van der Waals surface area contributed by atoms with Gasteiger partial charge in [0.05, 0.1) is 5.69 Å². The van der Waals surface area contributed by atoms with Crippen LogP contribution >= 0.6 is 12.2 Å². The smallest absolute Gasteiger partial charge is 0.277 e. The molecule has 0 aliphatic carbocycles. The molecule has 1 aliphatic heterocycles. The molecule has 1 aliphatic rings. The molecule has 0 aromatic heterocycles. The van der Waals surface area contributed by atoms with E-state index in [0.29, 0.717) is 5.11 Å². The lowest BCUT2D eigenvalue weighted by molar-refractivity contribution is -0.129. The van der Waals surface area contributed by atoms with Crippen molar-refractivity contribution in [2.75, 3.05) is 5.43 Å². The van der Waals surface area contributed by atoms with E-state index in [-0.39, 0.29) is 5.91 Å². The highest BCUT2D eigenvalue weighted by molar-refractivity contribution is 7.80. The third-order valence-electron chi connectivity index (χ3n) is 3.56. The predicted octanol–water partition coefficient (Wildman–Crippen LogP) is 2.65. The molecule has 0 radical (unpaired) electrons. The second-order valence-electron chi connectivity index (χ2n) is 5.04. The van der Waals surface area contributed by atoms with Gasteiger partial charge in [0, 0.05) is 0 Å². The SMILES string of the molecule is C[C@@]1(c2ccccc2)NC(=S)N(Nc2ccccc2)C1=O. The first-order valence-electron chi connectivity index (χ1n) is 6.65. The molecule has 2 aromatic rings. The maximum atomic E-state index is 12.8. The molecule has 1 saturated heterocycles. The number of anilines is 1. The van der Waals surface area contributed by atoms with E-state index in [1.54, 1.807) is 0 Å². The molecule has 3 rings (SSSR count). The Kier molecular flexibility index (Phi) is 3.35. The standard InChI is InChI=1S/C16H15N3OS/c1-16(12-8-4-2-5-9-12)14(20)19(15(21)17-16)18-13-10-6-3-7-11-13/h2-11,18H,1H3,(H,17,21)/t16-/m0/s1. The summed E-state index contributed by atoms with van der Waals surface area (Å²) in [4.78, 5) is 12.8. The molecule has 4 nitrogen and oxygen atoms in total. The summed E-state index contributed by atoms with van der Waals surface area (Å²) in [6, 6.07) is 19.1. The number of hydrogen-bond donors (Lipinski definition) is 2. The van der Waals surface area contributed by atoms with Gasteiger partial charge in [0.15, 0.2) is 5.11 Å². The number of amides is 1. The van der Waals surface area contributed by atoms with Gasteiger partial charge in [0.25, 0.3) is 5.91 Å². The Morgan fingerprint density at radius 1 is 1.05 bits per heavy atom. The zero-order valence-corrected chi connectivity index (χ0v) is 12.4. The number of nitrogens with one attached hydrogen (secondary N) is 2. The van der Waals surface area contributed by atoms with Gasteiger partial charge in [0.2, 0.25) is 0 Å². The molecule has 0 saturated carbocycles. The molecule has 1 atom stereocenters. The van der Waals surface area contributed by atoms with Crippen LogP contribution in [0, 0.1) is 0 Å². The van der Waals surface area contributed by atoms with Gasteiger partial charge in [0.1, 0.15) is 5.54 Å². The van der Waals surface area contributed by atoms with Crippen LogP contribution in [0.2, 0.25) is 0 Å². The van der Waals surface area contributed by atoms with E-state index in [1.165, 1.54) is 5.01 Å². The van der Waals surface area contributed by atoms with Gasteiger partial charge in [-0.15, -0.1) is 0 Å². The van der Waals surface area contributed by atoms with Crippen molar-refractivity contribution >= 4 is 28.9 Å². The van der Waals surface area contributed by atoms with Gasteiger partial charge in [-0.3, -0.25) is 10.2 Å². The molecule has 5 heteroatoms. The van der Waals surface area contributed by atoms with Crippen molar-refractivity contribution in [3.8, 4) is 0 Å². The third-order valence-corrected chi connectivity index (χ3v) is 3.84. The second kappa shape index (κ2) is 5.18. The van der Waals surface area contributed by atoms with Crippen molar-refractivity contribution < 1.29 is 4.79 Å². The molecule has 1 fully saturated rings. The van der Waals surface area contributed by atoms with Crippen LogP contribution in [0.1, 0.15) is 12.5 Å². The van der Waals surface area contributed by atoms with Crippen LogP contribution in [0.4, 0.5) is 5.69 Å². The van der Waals surface area contributed by atoms with E-state index in [1.807, 2.05) is 67.6 Å². The number of para-hydroxylation sites is 1. The van der Waals surface area contributed by atoms with E-state index >= 15 is 0 Å². The van der Waals surface area contributed by atoms with Crippen molar-refractivity contribution in [1.29, 1.82) is 0 Å². The fourth-order valence-electron chi connectivity index (χ4n) is 2.35. The van der Waals surface area contributed by atoms with Crippen LogP contribution in [0.5, 0.6) is 0 Å². The van der Waals surface area contributed by atoms with E-state index < -0.39 is 5.54 Å². The van der Waals surface area contributed by atoms with Crippen LogP contribution in [0.25, 0.3) is 0 Å². The third kappa shape index (κ3) is 2.36. The van der Waals surface area contributed by atoms with E-state index in [4.69, 9.17) is 12.2 Å². The quantitative estimate of drug-likeness (QED) is 0.855. The average Bonchev–Trinajstić information content (AvgIpc) is 2.74. The maximum Gasteiger partial charge on any atom is 0.277 e. The number of thiocarbonyl (C=S) groups is 1. The summed E-state index contributed by atoms with van der Waals surface area (Å²) in [6.45, 7) is 1.84. The Balaban J connectivity index is 1.89. The lowest BCUT2D eigenvalue weighted by Gasteiger charge is -2.22. The van der Waals surface area contributed by atoms with Crippen LogP contribution < -0.4 is 10.7 Å². The van der Waals surface area contributed by atoms with Gasteiger partial charge in [-0.2, -0.15) is 5.01 Å². The van der Waals surface area contributed by atoms with Gasteiger partial charge in [-0.1, -0.05) is 48.5 Å². The Hall–Kier alpha value is -2.40. The number of hydrogen-bond acceptors (Lipinski definition) is 3. The number of rotatable bonds is 3. The molecule has 1 amide bonds. The van der Waals surface area contributed by atoms with Gasteiger partial charge < -0.3 is 5.32 Å². The summed E-state index contributed by atoms with van der Waals surface area (Å²) >= 11 is 5.30. The van der Waals surface area contributed by atoms with Crippen LogP contribution in [-0.2, 0) is 10.3 Å². The minimum Gasteiger partial charge on any atom is -0.343 e. The lowest BCUT2D eigenvalue weighted by Crippen LogP contribution is -2.41. The van der Waals surface area contributed by atoms with Crippen molar-refractivity contribution in [3.05, 3.63) is 66.2 Å². The summed E-state index contributed by atoms with van der Waals surface area (Å²) in [6.07, 6.45) is 0. The minimum absolute atomic E-state index is 0.123. The predicted molar refractivity (Wildman–Crippen MR) is 86.4 cm³/mol. The first-order chi connectivity index (χ1) is 10.1. The summed E-state index contributed by atoms with van der Waals surface area (Å²) in [5, 5.41) is 4.87. The zero-order valence-electron chi connectivity index (χ0n) is 11.5. The van der Waals surface area contributed by atoms with E-state index in [2.05, 4.69) is 10.7 Å². The Morgan fingerprint density at radius 2 is 1.62 bits per heavy atom. The molecule has 1 heterocycles. The fraction of sp³-hybridized carbons (Fsp3) is 0.125. The first kappa shape index (κ1) is 13.6. The highest BCUT2D eigenvalue weighted by Crippen LogP contribution is 2.28. The maximum absolute atomic E-state index is 12.8. The Morgan fingerprint density at radius 3 is 2.24 bits per heavy atom. The number of nitrogens with zero attached hydrogens (tertiary/aromatic N) is 1. The average molecular weight is 297 g/mol. The number of hydrazine groups is 1. The fourth-order valence-corrected chi connectivity index (χ4v) is 2.68. The summed E-state index contributed by atoms with van der Waals surface area (Å²) < 4.78 is 0. The molecule has 2 N–H and O–H groups in total. The highest BCUT2D eigenvalue weighted by Gasteiger charge is 2.47. The van der Waals surface area contributed by atoms with Crippen LogP contribution in [-0.4, -0.2) is 16.0 Å². The van der Waals surface area contributed by atoms with Crippen LogP contribution in [0.3, 0.4) is 0 Å². The van der Waals surface area contributed by atoms with Crippen molar-refractivity contribution in [2.24, 2.45) is 0 Å². The summed E-state index contributed by atoms with van der Waals surface area (Å²) in [5.41, 5.74) is 3.89. The van der Waals surface area contributed by atoms with Crippen molar-refractivity contribution in [3.63, 3.8) is 0 Å². The molecule has 2 aromatic carbocycles. The molecule has 0 bridgehead atoms. The molecular weight excluding hydrogens is 282 g/mol. The van der Waals surface area contributed by atoms with E-state index in [9.17, 15) is 4.79 Å². The second-order valence-corrected chi connectivity index (χ2v) is 5.43. The molecule has 106 valence electrons. The Bertz CT molecular complexity index is 674. The topological polar surface area (TPSA) is 44.4 Å². The molecule has 0 unspecified atom stereocenters. The lowest BCUT2D eigenvalue weighted by atomic mass is 9.92. The Labute approximate surface area is 128 Å². The van der Waals surface area contributed by atoms with Crippen molar-refractivity contribution in [2.45, 2.75) is 12.5 Å².